The lowest BCUT2D eigenvalue weighted by Crippen LogP contribution is -2.22. The van der Waals surface area contributed by atoms with Gasteiger partial charge in [0, 0.05) is 16.0 Å². The number of thiazole rings is 2. The molecule has 11 heteroatoms. The molecule has 0 aromatic carbocycles. The number of nitrogens with zero attached hydrogens (tertiary/aromatic N) is 3. The number of thioether (sulfide) groups is 1. The fourth-order valence-electron chi connectivity index (χ4n) is 1.81. The minimum Gasteiger partial charge on any atom is -0.369 e. The van der Waals surface area contributed by atoms with E-state index >= 15 is 0 Å². The number of carbonyl (C=O) groups is 2. The van der Waals surface area contributed by atoms with Crippen LogP contribution in [0.1, 0.15) is 12.6 Å². The van der Waals surface area contributed by atoms with Crippen LogP contribution in [0.3, 0.4) is 0 Å². The van der Waals surface area contributed by atoms with E-state index in [-0.39, 0.29) is 17.6 Å². The Balaban J connectivity index is 1.62. The van der Waals surface area contributed by atoms with E-state index in [0.29, 0.717) is 15.2 Å². The number of halogens is 1. The Kier molecular flexibility index (Phi) is 5.67. The van der Waals surface area contributed by atoms with Crippen LogP contribution in [-0.2, 0) is 16.0 Å². The van der Waals surface area contributed by atoms with Crippen molar-refractivity contribution in [2.24, 2.45) is 5.73 Å². The predicted octanol–water partition coefficient (Wildman–Crippen LogP) is 3.06. The normalized spacial score (nSPS) is 12.2. The van der Waals surface area contributed by atoms with Crippen molar-refractivity contribution in [1.82, 2.24) is 15.0 Å². The minimum absolute atomic E-state index is 0.134. The van der Waals surface area contributed by atoms with Crippen LogP contribution in [-0.4, -0.2) is 32.0 Å². The Labute approximate surface area is 163 Å². The molecule has 130 valence electrons. The largest absolute Gasteiger partial charge is 0.369 e. The van der Waals surface area contributed by atoms with Crippen molar-refractivity contribution < 1.29 is 9.59 Å². The Bertz CT molecular complexity index is 942. The average Bonchev–Trinajstić information content (AvgIpc) is 3.12. The monoisotopic (exact) mass is 457 g/mol. The highest BCUT2D eigenvalue weighted by Gasteiger charge is 2.15. The molecule has 25 heavy (non-hydrogen) atoms. The highest BCUT2D eigenvalue weighted by molar-refractivity contribution is 9.10. The maximum atomic E-state index is 12.2. The second kappa shape index (κ2) is 7.77. The number of aromatic nitrogens is 3. The fraction of sp³-hybridized carbons (Fsp3) is 0.214. The van der Waals surface area contributed by atoms with Gasteiger partial charge in [0.05, 0.1) is 17.4 Å². The lowest BCUT2D eigenvalue weighted by Gasteiger charge is -2.02. The Hall–Kier alpha value is -1.56. The van der Waals surface area contributed by atoms with E-state index in [1.807, 2.05) is 6.07 Å². The minimum atomic E-state index is -0.393. The molecule has 0 spiro atoms. The molecule has 1 unspecified atom stereocenters. The highest BCUT2D eigenvalue weighted by atomic mass is 79.9. The van der Waals surface area contributed by atoms with Crippen LogP contribution in [0.5, 0.6) is 0 Å². The number of hydrogen-bond donors (Lipinski definition) is 2. The summed E-state index contributed by atoms with van der Waals surface area (Å²) in [5.41, 5.74) is 6.60. The first-order valence-corrected chi connectivity index (χ1v) is 10.4. The number of rotatable bonds is 6. The molecule has 2 amide bonds. The maximum absolute atomic E-state index is 12.2. The number of hydrogen-bond acceptors (Lipinski definition) is 8. The molecule has 3 rings (SSSR count). The van der Waals surface area contributed by atoms with Crippen LogP contribution in [0.25, 0.3) is 10.3 Å². The van der Waals surface area contributed by atoms with Gasteiger partial charge in [-0.05, 0) is 28.9 Å². The van der Waals surface area contributed by atoms with Crippen molar-refractivity contribution in [1.29, 1.82) is 0 Å². The molecule has 7 nitrogen and oxygen atoms in total. The smallest absolute Gasteiger partial charge is 0.232 e. The Morgan fingerprint density at radius 1 is 1.44 bits per heavy atom. The summed E-state index contributed by atoms with van der Waals surface area (Å²) >= 11 is 7.33. The van der Waals surface area contributed by atoms with Gasteiger partial charge >= 0.3 is 0 Å². The molecule has 0 bridgehead atoms. The summed E-state index contributed by atoms with van der Waals surface area (Å²) in [6, 6.07) is 1.85. The predicted molar refractivity (Wildman–Crippen MR) is 104 cm³/mol. The third kappa shape index (κ3) is 4.75. The van der Waals surface area contributed by atoms with Crippen LogP contribution in [0, 0.1) is 0 Å². The second-order valence-corrected chi connectivity index (χ2v) is 9.33. The number of primary amides is 1. The van der Waals surface area contributed by atoms with Crippen LogP contribution in [0.4, 0.5) is 5.13 Å². The fourth-order valence-corrected chi connectivity index (χ4v) is 4.87. The van der Waals surface area contributed by atoms with Gasteiger partial charge in [-0.15, -0.1) is 11.3 Å². The number of nitrogens with one attached hydrogen (secondary N) is 1. The average molecular weight is 458 g/mol. The number of fused-ring (bicyclic) bond motifs is 1. The van der Waals surface area contributed by atoms with Crippen LogP contribution in [0.15, 0.2) is 26.5 Å². The van der Waals surface area contributed by atoms with E-state index in [2.05, 4.69) is 36.2 Å². The van der Waals surface area contributed by atoms with Crippen LogP contribution < -0.4 is 11.1 Å². The van der Waals surface area contributed by atoms with Gasteiger partial charge in [-0.1, -0.05) is 23.1 Å². The molecule has 0 radical (unpaired) electrons. The zero-order valence-electron chi connectivity index (χ0n) is 12.9. The first-order chi connectivity index (χ1) is 11.9. The van der Waals surface area contributed by atoms with Crippen LogP contribution >= 0.6 is 50.4 Å². The first-order valence-electron chi connectivity index (χ1n) is 7.03. The molecule has 0 aliphatic carbocycles. The van der Waals surface area contributed by atoms with Crippen molar-refractivity contribution in [2.45, 2.75) is 22.9 Å². The van der Waals surface area contributed by atoms with E-state index in [9.17, 15) is 9.59 Å². The molecule has 0 saturated heterocycles. The number of pyridine rings is 1. The summed E-state index contributed by atoms with van der Waals surface area (Å²) in [6.07, 6.45) is 1.82. The standard InChI is InChI=1S/C14H12BrN5O2S3/c1-6(11(16)22)24-14-18-8(5-23-14)3-10(21)20-13-19-9-2-7(15)4-17-12(9)25-13/h2,4-6H,3H2,1H3,(H2,16,22)(H,19,20,21). The SMILES string of the molecule is CC(Sc1nc(CC(=O)Nc2nc3cc(Br)cnc3s2)cs1)C(N)=O. The summed E-state index contributed by atoms with van der Waals surface area (Å²) in [4.78, 5) is 36.9. The van der Waals surface area contributed by atoms with Crippen molar-refractivity contribution >= 4 is 77.7 Å². The molecule has 3 aromatic rings. The zero-order chi connectivity index (χ0) is 18.0. The molecule has 3 N–H and O–H groups in total. The molecule has 3 heterocycles. The maximum Gasteiger partial charge on any atom is 0.232 e. The van der Waals surface area contributed by atoms with E-state index < -0.39 is 5.91 Å². The molecule has 1 atom stereocenters. The topological polar surface area (TPSA) is 111 Å². The Morgan fingerprint density at radius 3 is 3.00 bits per heavy atom. The zero-order valence-corrected chi connectivity index (χ0v) is 16.9. The van der Waals surface area contributed by atoms with Crippen molar-refractivity contribution in [3.05, 3.63) is 27.8 Å². The number of anilines is 1. The van der Waals surface area contributed by atoms with Crippen molar-refractivity contribution in [2.75, 3.05) is 5.32 Å². The summed E-state index contributed by atoms with van der Waals surface area (Å²) in [5.74, 6) is -0.599. The van der Waals surface area contributed by atoms with Crippen molar-refractivity contribution in [3.8, 4) is 0 Å². The van der Waals surface area contributed by atoms with Gasteiger partial charge in [0.15, 0.2) is 9.47 Å². The van der Waals surface area contributed by atoms with Gasteiger partial charge in [0.2, 0.25) is 11.8 Å². The molecule has 0 fully saturated rings. The molecular weight excluding hydrogens is 446 g/mol. The van der Waals surface area contributed by atoms with Gasteiger partial charge < -0.3 is 11.1 Å². The lowest BCUT2D eigenvalue weighted by atomic mass is 10.3. The summed E-state index contributed by atoms with van der Waals surface area (Å²) in [6.45, 7) is 1.72. The summed E-state index contributed by atoms with van der Waals surface area (Å²) in [7, 11) is 0. The molecule has 0 saturated carbocycles. The summed E-state index contributed by atoms with van der Waals surface area (Å²) < 4.78 is 1.55. The van der Waals surface area contributed by atoms with E-state index in [1.54, 1.807) is 18.5 Å². The Morgan fingerprint density at radius 2 is 2.24 bits per heavy atom. The second-order valence-electron chi connectivity index (χ2n) is 4.99. The van der Waals surface area contributed by atoms with E-state index in [4.69, 9.17) is 5.73 Å². The number of nitrogens with two attached hydrogens (primary N) is 1. The van der Waals surface area contributed by atoms with Gasteiger partial charge in [-0.3, -0.25) is 9.59 Å². The number of amides is 2. The molecule has 0 aliphatic rings. The third-order valence-electron chi connectivity index (χ3n) is 3.01. The lowest BCUT2D eigenvalue weighted by molar-refractivity contribution is -0.117. The molecular formula is C14H12BrN5O2S3. The number of carbonyl (C=O) groups excluding carboxylic acids is 2. The van der Waals surface area contributed by atoms with E-state index in [0.717, 1.165) is 14.8 Å². The van der Waals surface area contributed by atoms with Crippen molar-refractivity contribution in [3.63, 3.8) is 0 Å². The molecule has 3 aromatic heterocycles. The van der Waals surface area contributed by atoms with Gasteiger partial charge in [-0.2, -0.15) is 0 Å². The van der Waals surface area contributed by atoms with Gasteiger partial charge in [0.1, 0.15) is 10.3 Å². The first kappa shape index (κ1) is 18.2. The highest BCUT2D eigenvalue weighted by Crippen LogP contribution is 2.28. The third-order valence-corrected chi connectivity index (χ3v) is 6.48. The summed E-state index contributed by atoms with van der Waals surface area (Å²) in [5, 5.41) is 4.70. The molecule has 0 aliphatic heterocycles. The van der Waals surface area contributed by atoms with Gasteiger partial charge in [-0.25, -0.2) is 15.0 Å². The quantitative estimate of drug-likeness (QED) is 0.550. The van der Waals surface area contributed by atoms with Crippen LogP contribution in [0.2, 0.25) is 0 Å². The van der Waals surface area contributed by atoms with E-state index in [1.165, 1.54) is 34.4 Å². The van der Waals surface area contributed by atoms with Gasteiger partial charge in [0.25, 0.3) is 0 Å².